The van der Waals surface area contributed by atoms with Crippen LogP contribution in [0.15, 0.2) is 30.3 Å². The summed E-state index contributed by atoms with van der Waals surface area (Å²) < 4.78 is 0. The van der Waals surface area contributed by atoms with Gasteiger partial charge in [0.2, 0.25) is 5.91 Å². The quantitative estimate of drug-likeness (QED) is 0.843. The molecule has 1 aliphatic rings. The molecule has 4 nitrogen and oxygen atoms in total. The first-order valence-electron chi connectivity index (χ1n) is 6.85. The Hall–Kier alpha value is -1.49. The third-order valence-electron chi connectivity index (χ3n) is 3.40. The number of aryl methyl sites for hydroxylation is 1. The van der Waals surface area contributed by atoms with Gasteiger partial charge in [0, 0.05) is 0 Å². The van der Waals surface area contributed by atoms with Crippen LogP contribution in [0, 0.1) is 0 Å². The number of hydrogen-bond acceptors (Lipinski definition) is 3. The van der Waals surface area contributed by atoms with Crippen molar-refractivity contribution in [1.82, 2.24) is 5.32 Å². The summed E-state index contributed by atoms with van der Waals surface area (Å²) in [5, 5.41) is 11.8. The molecule has 1 unspecified atom stereocenters. The van der Waals surface area contributed by atoms with Gasteiger partial charge in [0.05, 0.1) is 5.25 Å². The second-order valence-corrected chi connectivity index (χ2v) is 6.24. The molecule has 1 heterocycles. The van der Waals surface area contributed by atoms with E-state index in [1.165, 1.54) is 0 Å². The van der Waals surface area contributed by atoms with Crippen LogP contribution in [0.2, 0.25) is 0 Å². The maximum atomic E-state index is 12.0. The maximum Gasteiger partial charge on any atom is 0.326 e. The normalized spacial score (nSPS) is 19.5. The van der Waals surface area contributed by atoms with Gasteiger partial charge < -0.3 is 10.4 Å². The first-order chi connectivity index (χ1) is 9.66. The number of hydrogen-bond donors (Lipinski definition) is 2. The lowest BCUT2D eigenvalue weighted by Crippen LogP contribution is -2.44. The molecule has 5 heteroatoms. The van der Waals surface area contributed by atoms with E-state index >= 15 is 0 Å². The van der Waals surface area contributed by atoms with E-state index in [0.717, 1.165) is 24.2 Å². The van der Waals surface area contributed by atoms with Crippen molar-refractivity contribution < 1.29 is 14.7 Å². The number of nitrogens with one attached hydrogen (secondary N) is 1. The van der Waals surface area contributed by atoms with Crippen LogP contribution in [0.3, 0.4) is 0 Å². The molecule has 0 aromatic heterocycles. The summed E-state index contributed by atoms with van der Waals surface area (Å²) in [5.41, 5.74) is 1.09. The van der Waals surface area contributed by atoms with E-state index in [-0.39, 0.29) is 11.2 Å². The Bertz CT molecular complexity index is 457. The molecule has 2 N–H and O–H groups in total. The third-order valence-corrected chi connectivity index (χ3v) is 4.78. The first-order valence-corrected chi connectivity index (χ1v) is 7.90. The standard InChI is InChI=1S/C15H19NO3S/c17-14(13-7-4-10-20-13)16-12(15(18)19)9-8-11-5-2-1-3-6-11/h1-3,5-6,12-13H,4,7-10H2,(H,16,17)(H,18,19)/t12-,13?/m0/s1. The number of thioether (sulfide) groups is 1. The Kier molecular flexibility index (Phi) is 5.47. The third kappa shape index (κ3) is 4.27. The Morgan fingerprint density at radius 1 is 1.35 bits per heavy atom. The van der Waals surface area contributed by atoms with E-state index in [1.54, 1.807) is 11.8 Å². The summed E-state index contributed by atoms with van der Waals surface area (Å²) in [4.78, 5) is 23.2. The number of carbonyl (C=O) groups is 2. The Morgan fingerprint density at radius 2 is 2.10 bits per heavy atom. The fourth-order valence-corrected chi connectivity index (χ4v) is 3.43. The molecule has 2 atom stereocenters. The predicted octanol–water partition coefficient (Wildman–Crippen LogP) is 2.08. The molecule has 0 aliphatic carbocycles. The largest absolute Gasteiger partial charge is 0.480 e. The summed E-state index contributed by atoms with van der Waals surface area (Å²) in [7, 11) is 0. The van der Waals surface area contributed by atoms with Crippen molar-refractivity contribution in [2.24, 2.45) is 0 Å². The lowest BCUT2D eigenvalue weighted by molar-refractivity contribution is -0.141. The van der Waals surface area contributed by atoms with Crippen LogP contribution >= 0.6 is 11.8 Å². The van der Waals surface area contributed by atoms with E-state index in [0.29, 0.717) is 12.8 Å². The zero-order valence-corrected chi connectivity index (χ0v) is 12.1. The van der Waals surface area contributed by atoms with Crippen LogP contribution in [0.5, 0.6) is 0 Å². The smallest absolute Gasteiger partial charge is 0.326 e. The predicted molar refractivity (Wildman–Crippen MR) is 79.8 cm³/mol. The maximum absolute atomic E-state index is 12.0. The van der Waals surface area contributed by atoms with Gasteiger partial charge in [-0.25, -0.2) is 4.79 Å². The van der Waals surface area contributed by atoms with Gasteiger partial charge in [0.15, 0.2) is 0 Å². The number of benzene rings is 1. The van der Waals surface area contributed by atoms with Crippen molar-refractivity contribution in [3.8, 4) is 0 Å². The van der Waals surface area contributed by atoms with E-state index < -0.39 is 12.0 Å². The molecular weight excluding hydrogens is 274 g/mol. The summed E-state index contributed by atoms with van der Waals surface area (Å²) in [6.07, 6.45) is 2.95. The SMILES string of the molecule is O=C(N[C@@H](CCc1ccccc1)C(=O)O)C1CCCS1. The van der Waals surface area contributed by atoms with Gasteiger partial charge in [-0.2, -0.15) is 0 Å². The van der Waals surface area contributed by atoms with E-state index in [2.05, 4.69) is 5.32 Å². The number of carboxylic acids is 1. The number of aliphatic carboxylic acids is 1. The van der Waals surface area contributed by atoms with Gasteiger partial charge in [-0.1, -0.05) is 30.3 Å². The lowest BCUT2D eigenvalue weighted by atomic mass is 10.0. The Balaban J connectivity index is 1.87. The fourth-order valence-electron chi connectivity index (χ4n) is 2.26. The van der Waals surface area contributed by atoms with E-state index in [1.807, 2.05) is 30.3 Å². The topological polar surface area (TPSA) is 66.4 Å². The highest BCUT2D eigenvalue weighted by Crippen LogP contribution is 2.26. The molecule has 0 spiro atoms. The van der Waals surface area contributed by atoms with Crippen molar-refractivity contribution in [2.45, 2.75) is 37.0 Å². The molecule has 2 rings (SSSR count). The summed E-state index contributed by atoms with van der Waals surface area (Å²) in [6.45, 7) is 0. The van der Waals surface area contributed by atoms with Gasteiger partial charge in [0.25, 0.3) is 0 Å². The Morgan fingerprint density at radius 3 is 2.70 bits per heavy atom. The summed E-state index contributed by atoms with van der Waals surface area (Å²) in [5.74, 6) is -0.106. The fraction of sp³-hybridized carbons (Fsp3) is 0.467. The number of carbonyl (C=O) groups excluding carboxylic acids is 1. The zero-order valence-electron chi connectivity index (χ0n) is 11.2. The average molecular weight is 293 g/mol. The summed E-state index contributed by atoms with van der Waals surface area (Å²) in [6, 6.07) is 8.92. The number of amides is 1. The summed E-state index contributed by atoms with van der Waals surface area (Å²) >= 11 is 1.61. The van der Waals surface area contributed by atoms with Gasteiger partial charge in [-0.05, 0) is 37.0 Å². The molecule has 1 amide bonds. The molecule has 1 fully saturated rings. The average Bonchev–Trinajstić information content (AvgIpc) is 2.98. The molecule has 0 radical (unpaired) electrons. The molecule has 0 saturated carbocycles. The minimum atomic E-state index is -0.961. The first kappa shape index (κ1) is 14.9. The molecule has 20 heavy (non-hydrogen) atoms. The van der Waals surface area contributed by atoms with Crippen LogP contribution in [0.1, 0.15) is 24.8 Å². The highest BCUT2D eigenvalue weighted by atomic mass is 32.2. The molecule has 1 aromatic carbocycles. The van der Waals surface area contributed by atoms with Crippen molar-refractivity contribution in [2.75, 3.05) is 5.75 Å². The second kappa shape index (κ2) is 7.33. The molecule has 1 aliphatic heterocycles. The second-order valence-electron chi connectivity index (χ2n) is 4.93. The highest BCUT2D eigenvalue weighted by Gasteiger charge is 2.27. The van der Waals surface area contributed by atoms with E-state index in [4.69, 9.17) is 0 Å². The minimum absolute atomic E-state index is 0.0754. The van der Waals surface area contributed by atoms with Crippen LogP contribution < -0.4 is 5.32 Å². The van der Waals surface area contributed by atoms with Crippen molar-refractivity contribution in [3.63, 3.8) is 0 Å². The monoisotopic (exact) mass is 293 g/mol. The number of carboxylic acid groups (broad SMARTS) is 1. The molecular formula is C15H19NO3S. The molecule has 108 valence electrons. The van der Waals surface area contributed by atoms with Crippen LogP contribution in [-0.4, -0.2) is 34.0 Å². The van der Waals surface area contributed by atoms with Crippen molar-refractivity contribution in [1.29, 1.82) is 0 Å². The Labute approximate surface area is 123 Å². The van der Waals surface area contributed by atoms with Gasteiger partial charge >= 0.3 is 5.97 Å². The number of rotatable bonds is 6. The van der Waals surface area contributed by atoms with Gasteiger partial charge in [-0.15, -0.1) is 11.8 Å². The van der Waals surface area contributed by atoms with Gasteiger partial charge in [-0.3, -0.25) is 4.79 Å². The van der Waals surface area contributed by atoms with Gasteiger partial charge in [0.1, 0.15) is 6.04 Å². The van der Waals surface area contributed by atoms with Crippen molar-refractivity contribution in [3.05, 3.63) is 35.9 Å². The van der Waals surface area contributed by atoms with Crippen molar-refractivity contribution >= 4 is 23.6 Å². The molecule has 0 bridgehead atoms. The van der Waals surface area contributed by atoms with E-state index in [9.17, 15) is 14.7 Å². The zero-order chi connectivity index (χ0) is 14.4. The van der Waals surface area contributed by atoms with Crippen LogP contribution in [0.25, 0.3) is 0 Å². The minimum Gasteiger partial charge on any atom is -0.480 e. The lowest BCUT2D eigenvalue weighted by Gasteiger charge is -2.17. The molecule has 1 aromatic rings. The molecule has 1 saturated heterocycles. The highest BCUT2D eigenvalue weighted by molar-refractivity contribution is 8.00. The van der Waals surface area contributed by atoms with Crippen LogP contribution in [-0.2, 0) is 16.0 Å². The van der Waals surface area contributed by atoms with Crippen LogP contribution in [0.4, 0.5) is 0 Å².